The minimum atomic E-state index is -0.422. The SMILES string of the molecule is COC(=O)c1nc(C2CC2)nc(NC(Cc2ccccc2)c2ccccc2)c1C. The van der Waals surface area contributed by atoms with E-state index in [4.69, 9.17) is 9.72 Å². The van der Waals surface area contributed by atoms with Gasteiger partial charge < -0.3 is 10.1 Å². The Morgan fingerprint density at radius 2 is 1.72 bits per heavy atom. The van der Waals surface area contributed by atoms with E-state index in [-0.39, 0.29) is 6.04 Å². The number of nitrogens with one attached hydrogen (secondary N) is 1. The molecule has 0 radical (unpaired) electrons. The maximum Gasteiger partial charge on any atom is 0.357 e. The van der Waals surface area contributed by atoms with Gasteiger partial charge in [0.2, 0.25) is 0 Å². The zero-order valence-corrected chi connectivity index (χ0v) is 16.8. The molecule has 5 nitrogen and oxygen atoms in total. The van der Waals surface area contributed by atoms with E-state index in [0.717, 1.165) is 30.7 Å². The lowest BCUT2D eigenvalue weighted by Gasteiger charge is -2.22. The number of nitrogens with zero attached hydrogens (tertiary/aromatic N) is 2. The van der Waals surface area contributed by atoms with Crippen LogP contribution in [0.2, 0.25) is 0 Å². The minimum Gasteiger partial charge on any atom is -0.464 e. The molecule has 1 aliphatic carbocycles. The lowest BCUT2D eigenvalue weighted by atomic mass is 9.98. The van der Waals surface area contributed by atoms with Crippen molar-refractivity contribution in [3.05, 3.63) is 88.9 Å². The Morgan fingerprint density at radius 1 is 1.07 bits per heavy atom. The molecule has 1 unspecified atom stereocenters. The van der Waals surface area contributed by atoms with Crippen molar-refractivity contribution in [3.63, 3.8) is 0 Å². The van der Waals surface area contributed by atoms with Crippen LogP contribution in [0.3, 0.4) is 0 Å². The molecule has 1 fully saturated rings. The first kappa shape index (κ1) is 19.1. The van der Waals surface area contributed by atoms with E-state index in [1.54, 1.807) is 0 Å². The smallest absolute Gasteiger partial charge is 0.357 e. The molecular weight excluding hydrogens is 362 g/mol. The van der Waals surface area contributed by atoms with E-state index in [2.05, 4.69) is 34.6 Å². The number of hydrogen-bond donors (Lipinski definition) is 1. The number of esters is 1. The topological polar surface area (TPSA) is 64.1 Å². The molecule has 1 N–H and O–H groups in total. The van der Waals surface area contributed by atoms with Crippen LogP contribution in [0.25, 0.3) is 0 Å². The average Bonchev–Trinajstić information content (AvgIpc) is 3.61. The van der Waals surface area contributed by atoms with Crippen molar-refractivity contribution in [2.24, 2.45) is 0 Å². The lowest BCUT2D eigenvalue weighted by Crippen LogP contribution is -2.19. The lowest BCUT2D eigenvalue weighted by molar-refractivity contribution is 0.0592. The van der Waals surface area contributed by atoms with Crippen LogP contribution in [-0.4, -0.2) is 23.0 Å². The number of benzene rings is 2. The summed E-state index contributed by atoms with van der Waals surface area (Å²) in [5.74, 6) is 1.34. The summed E-state index contributed by atoms with van der Waals surface area (Å²) in [7, 11) is 1.38. The molecule has 1 heterocycles. The predicted molar refractivity (Wildman–Crippen MR) is 113 cm³/mol. The number of aromatic nitrogens is 2. The van der Waals surface area contributed by atoms with E-state index in [1.165, 1.54) is 18.2 Å². The van der Waals surface area contributed by atoms with Gasteiger partial charge in [0, 0.05) is 11.5 Å². The fraction of sp³-hybridized carbons (Fsp3) is 0.292. The molecule has 0 amide bonds. The summed E-state index contributed by atoms with van der Waals surface area (Å²) < 4.78 is 4.96. The second-order valence-electron chi connectivity index (χ2n) is 7.47. The third-order valence-electron chi connectivity index (χ3n) is 5.28. The summed E-state index contributed by atoms with van der Waals surface area (Å²) in [6.07, 6.45) is 2.94. The molecule has 148 valence electrons. The Labute approximate surface area is 171 Å². The van der Waals surface area contributed by atoms with Crippen LogP contribution in [0.5, 0.6) is 0 Å². The largest absolute Gasteiger partial charge is 0.464 e. The number of hydrogen-bond acceptors (Lipinski definition) is 5. The van der Waals surface area contributed by atoms with Crippen molar-refractivity contribution >= 4 is 11.8 Å². The summed E-state index contributed by atoms with van der Waals surface area (Å²) >= 11 is 0. The molecule has 0 bridgehead atoms. The third-order valence-corrected chi connectivity index (χ3v) is 5.28. The molecule has 4 rings (SSSR count). The van der Waals surface area contributed by atoms with Crippen LogP contribution in [-0.2, 0) is 11.2 Å². The highest BCUT2D eigenvalue weighted by Gasteiger charge is 2.30. The predicted octanol–water partition coefficient (Wildman–Crippen LogP) is 4.84. The third kappa shape index (κ3) is 4.45. The molecule has 1 atom stereocenters. The van der Waals surface area contributed by atoms with Crippen molar-refractivity contribution in [2.75, 3.05) is 12.4 Å². The zero-order valence-electron chi connectivity index (χ0n) is 16.8. The van der Waals surface area contributed by atoms with Crippen LogP contribution < -0.4 is 5.32 Å². The number of rotatable bonds is 7. The van der Waals surface area contributed by atoms with Crippen molar-refractivity contribution in [1.29, 1.82) is 0 Å². The van der Waals surface area contributed by atoms with Gasteiger partial charge in [-0.25, -0.2) is 14.8 Å². The number of carbonyl (C=O) groups is 1. The first-order chi connectivity index (χ1) is 14.2. The van der Waals surface area contributed by atoms with Gasteiger partial charge in [0.25, 0.3) is 0 Å². The van der Waals surface area contributed by atoms with Gasteiger partial charge in [0.05, 0.1) is 13.2 Å². The molecule has 0 saturated heterocycles. The normalized spacial score (nSPS) is 14.3. The Hall–Kier alpha value is -3.21. The number of anilines is 1. The van der Waals surface area contributed by atoms with Crippen molar-refractivity contribution in [2.45, 2.75) is 38.1 Å². The Bertz CT molecular complexity index is 986. The summed E-state index contributed by atoms with van der Waals surface area (Å²) in [4.78, 5) is 21.6. The number of methoxy groups -OCH3 is 1. The summed E-state index contributed by atoms with van der Waals surface area (Å²) in [5.41, 5.74) is 3.46. The van der Waals surface area contributed by atoms with Crippen LogP contribution in [0.4, 0.5) is 5.82 Å². The van der Waals surface area contributed by atoms with E-state index >= 15 is 0 Å². The Balaban J connectivity index is 1.71. The molecule has 29 heavy (non-hydrogen) atoms. The first-order valence-electron chi connectivity index (χ1n) is 9.98. The molecule has 0 spiro atoms. The maximum absolute atomic E-state index is 12.3. The molecule has 0 aliphatic heterocycles. The molecular formula is C24H25N3O2. The summed E-state index contributed by atoms with van der Waals surface area (Å²) in [6, 6.07) is 20.7. The van der Waals surface area contributed by atoms with Crippen LogP contribution in [0, 0.1) is 6.92 Å². The monoisotopic (exact) mass is 387 g/mol. The average molecular weight is 387 g/mol. The van der Waals surface area contributed by atoms with Gasteiger partial charge in [0.1, 0.15) is 11.6 Å². The van der Waals surface area contributed by atoms with E-state index in [9.17, 15) is 4.79 Å². The quantitative estimate of drug-likeness (QED) is 0.588. The molecule has 3 aromatic rings. The maximum atomic E-state index is 12.3. The number of ether oxygens (including phenoxy) is 1. The van der Waals surface area contributed by atoms with Gasteiger partial charge in [-0.05, 0) is 37.3 Å². The minimum absolute atomic E-state index is 0.0183. The van der Waals surface area contributed by atoms with E-state index in [0.29, 0.717) is 17.4 Å². The zero-order chi connectivity index (χ0) is 20.2. The molecule has 2 aromatic carbocycles. The number of carbonyl (C=O) groups excluding carboxylic acids is 1. The Morgan fingerprint density at radius 3 is 2.34 bits per heavy atom. The van der Waals surface area contributed by atoms with E-state index < -0.39 is 5.97 Å². The van der Waals surface area contributed by atoms with Crippen molar-refractivity contribution < 1.29 is 9.53 Å². The van der Waals surface area contributed by atoms with Gasteiger partial charge in [-0.1, -0.05) is 60.7 Å². The fourth-order valence-corrected chi connectivity index (χ4v) is 3.45. The van der Waals surface area contributed by atoms with Gasteiger partial charge in [0.15, 0.2) is 5.69 Å². The van der Waals surface area contributed by atoms with Crippen LogP contribution in [0.1, 0.15) is 57.8 Å². The highest BCUT2D eigenvalue weighted by Crippen LogP contribution is 2.39. The van der Waals surface area contributed by atoms with Gasteiger partial charge >= 0.3 is 5.97 Å². The van der Waals surface area contributed by atoms with Gasteiger partial charge in [-0.3, -0.25) is 0 Å². The van der Waals surface area contributed by atoms with Gasteiger partial charge in [-0.15, -0.1) is 0 Å². The first-order valence-corrected chi connectivity index (χ1v) is 9.98. The standard InChI is InChI=1S/C24H25N3O2/c1-16-21(24(28)29-2)26-23(19-13-14-19)27-22(16)25-20(18-11-7-4-8-12-18)15-17-9-5-3-6-10-17/h3-12,19-20H,13-15H2,1-2H3,(H,25,26,27). The van der Waals surface area contributed by atoms with Crippen LogP contribution in [0.15, 0.2) is 60.7 Å². The molecule has 1 saturated carbocycles. The van der Waals surface area contributed by atoms with E-state index in [1.807, 2.05) is 43.3 Å². The summed E-state index contributed by atoms with van der Waals surface area (Å²) in [6.45, 7) is 1.87. The van der Waals surface area contributed by atoms with Crippen molar-refractivity contribution in [1.82, 2.24) is 9.97 Å². The Kier molecular flexibility index (Phi) is 5.56. The summed E-state index contributed by atoms with van der Waals surface area (Å²) in [5, 5.41) is 3.60. The fourth-order valence-electron chi connectivity index (χ4n) is 3.45. The molecule has 5 heteroatoms. The van der Waals surface area contributed by atoms with Gasteiger partial charge in [-0.2, -0.15) is 0 Å². The highest BCUT2D eigenvalue weighted by atomic mass is 16.5. The molecule has 1 aliphatic rings. The second kappa shape index (κ2) is 8.43. The van der Waals surface area contributed by atoms with Crippen molar-refractivity contribution in [3.8, 4) is 0 Å². The second-order valence-corrected chi connectivity index (χ2v) is 7.47. The molecule has 1 aromatic heterocycles. The van der Waals surface area contributed by atoms with Crippen LogP contribution >= 0.6 is 0 Å². The highest BCUT2D eigenvalue weighted by molar-refractivity contribution is 5.90.